The summed E-state index contributed by atoms with van der Waals surface area (Å²) in [7, 11) is 0. The quantitative estimate of drug-likeness (QED) is 0.694. The Morgan fingerprint density at radius 2 is 1.77 bits per heavy atom. The minimum atomic E-state index is -0.259. The summed E-state index contributed by atoms with van der Waals surface area (Å²) in [6, 6.07) is 16.2. The molecular formula is C19H17FN4OS. The molecule has 3 aromatic rings. The Balaban J connectivity index is 1.50. The van der Waals surface area contributed by atoms with Gasteiger partial charge in [0.1, 0.15) is 16.9 Å². The zero-order valence-corrected chi connectivity index (χ0v) is 14.8. The molecule has 1 amide bonds. The molecule has 2 aromatic carbocycles. The van der Waals surface area contributed by atoms with Crippen molar-refractivity contribution in [2.45, 2.75) is 18.5 Å². The van der Waals surface area contributed by atoms with Gasteiger partial charge in [0.25, 0.3) is 0 Å². The first-order valence-corrected chi connectivity index (χ1v) is 9.33. The summed E-state index contributed by atoms with van der Waals surface area (Å²) < 4.78 is 14.7. The van der Waals surface area contributed by atoms with E-state index in [2.05, 4.69) is 10.3 Å². The highest BCUT2D eigenvalue weighted by molar-refractivity contribution is 8.00. The van der Waals surface area contributed by atoms with Crippen LogP contribution in [0.4, 0.5) is 4.39 Å². The number of hydrogen-bond acceptors (Lipinski definition) is 4. The van der Waals surface area contributed by atoms with Crippen molar-refractivity contribution in [1.29, 1.82) is 0 Å². The van der Waals surface area contributed by atoms with E-state index in [1.165, 1.54) is 12.1 Å². The molecule has 1 aromatic heterocycles. The van der Waals surface area contributed by atoms with Crippen molar-refractivity contribution in [2.75, 3.05) is 5.75 Å². The Labute approximate surface area is 154 Å². The van der Waals surface area contributed by atoms with Gasteiger partial charge in [-0.3, -0.25) is 4.79 Å². The van der Waals surface area contributed by atoms with Gasteiger partial charge in [0, 0.05) is 6.54 Å². The molecule has 1 aliphatic rings. The van der Waals surface area contributed by atoms with Crippen LogP contribution in [0.3, 0.4) is 0 Å². The first-order chi connectivity index (χ1) is 12.7. The SMILES string of the molecule is O=C1CS[C@H](c2cn(Cc3ccc(F)cc3)nn2)N1Cc1ccccc1. The number of rotatable bonds is 5. The van der Waals surface area contributed by atoms with E-state index in [9.17, 15) is 9.18 Å². The van der Waals surface area contributed by atoms with Gasteiger partial charge in [0.15, 0.2) is 0 Å². The van der Waals surface area contributed by atoms with Crippen molar-refractivity contribution < 1.29 is 9.18 Å². The molecular weight excluding hydrogens is 351 g/mol. The van der Waals surface area contributed by atoms with Gasteiger partial charge in [0.05, 0.1) is 18.5 Å². The topological polar surface area (TPSA) is 51.0 Å². The fraction of sp³-hybridized carbons (Fsp3) is 0.211. The average molecular weight is 368 g/mol. The molecule has 5 nitrogen and oxygen atoms in total. The maximum Gasteiger partial charge on any atom is 0.234 e. The van der Waals surface area contributed by atoms with E-state index in [4.69, 9.17) is 0 Å². The van der Waals surface area contributed by atoms with Crippen LogP contribution in [0.1, 0.15) is 22.2 Å². The van der Waals surface area contributed by atoms with Crippen molar-refractivity contribution in [3.63, 3.8) is 0 Å². The summed E-state index contributed by atoms with van der Waals surface area (Å²) in [5, 5.41) is 8.29. The van der Waals surface area contributed by atoms with Crippen molar-refractivity contribution in [3.8, 4) is 0 Å². The van der Waals surface area contributed by atoms with E-state index >= 15 is 0 Å². The Hall–Kier alpha value is -2.67. The summed E-state index contributed by atoms with van der Waals surface area (Å²) in [4.78, 5) is 14.1. The molecule has 0 unspecified atom stereocenters. The van der Waals surface area contributed by atoms with Crippen molar-refractivity contribution in [1.82, 2.24) is 19.9 Å². The monoisotopic (exact) mass is 368 g/mol. The van der Waals surface area contributed by atoms with Crippen LogP contribution in [0.5, 0.6) is 0 Å². The van der Waals surface area contributed by atoms with Gasteiger partial charge in [-0.25, -0.2) is 9.07 Å². The molecule has 26 heavy (non-hydrogen) atoms. The molecule has 1 fully saturated rings. The molecule has 0 bridgehead atoms. The summed E-state index contributed by atoms with van der Waals surface area (Å²) in [6.45, 7) is 1.07. The first kappa shape index (κ1) is 16.8. The fourth-order valence-electron chi connectivity index (χ4n) is 2.93. The number of aromatic nitrogens is 3. The lowest BCUT2D eigenvalue weighted by atomic mass is 10.2. The molecule has 2 heterocycles. The second-order valence-corrected chi connectivity index (χ2v) is 7.21. The fourth-order valence-corrected chi connectivity index (χ4v) is 4.05. The maximum atomic E-state index is 13.0. The predicted octanol–water partition coefficient (Wildman–Crippen LogP) is 3.24. The van der Waals surface area contributed by atoms with Gasteiger partial charge >= 0.3 is 0 Å². The molecule has 1 saturated heterocycles. The number of carbonyl (C=O) groups excluding carboxylic acids is 1. The van der Waals surface area contributed by atoms with E-state index in [1.54, 1.807) is 28.6 Å². The zero-order valence-electron chi connectivity index (χ0n) is 14.0. The molecule has 7 heteroatoms. The lowest BCUT2D eigenvalue weighted by Gasteiger charge is -2.22. The van der Waals surface area contributed by atoms with Crippen molar-refractivity contribution in [3.05, 3.63) is 83.4 Å². The summed E-state index contributed by atoms with van der Waals surface area (Å²) in [6.07, 6.45) is 1.86. The smallest absolute Gasteiger partial charge is 0.234 e. The van der Waals surface area contributed by atoms with Crippen molar-refractivity contribution in [2.24, 2.45) is 0 Å². The van der Waals surface area contributed by atoms with E-state index in [0.29, 0.717) is 18.8 Å². The number of amides is 1. The zero-order chi connectivity index (χ0) is 17.9. The van der Waals surface area contributed by atoms with Crippen LogP contribution in [0.15, 0.2) is 60.8 Å². The normalized spacial score (nSPS) is 17.0. The van der Waals surface area contributed by atoms with Crippen molar-refractivity contribution >= 4 is 17.7 Å². The van der Waals surface area contributed by atoms with Gasteiger partial charge in [-0.1, -0.05) is 47.7 Å². The molecule has 0 saturated carbocycles. The van der Waals surface area contributed by atoms with Crippen LogP contribution in [0.25, 0.3) is 0 Å². The second kappa shape index (κ2) is 7.29. The van der Waals surface area contributed by atoms with Crippen LogP contribution in [-0.4, -0.2) is 31.6 Å². The molecule has 132 valence electrons. The summed E-state index contributed by atoms with van der Waals surface area (Å²) in [5.74, 6) is 0.296. The Bertz CT molecular complexity index is 897. The molecule has 0 radical (unpaired) electrons. The van der Waals surface area contributed by atoms with Gasteiger partial charge < -0.3 is 4.90 Å². The van der Waals surface area contributed by atoms with Crippen LogP contribution < -0.4 is 0 Å². The van der Waals surface area contributed by atoms with Gasteiger partial charge in [-0.05, 0) is 23.3 Å². The second-order valence-electron chi connectivity index (χ2n) is 6.14. The molecule has 0 spiro atoms. The van der Waals surface area contributed by atoms with Crippen LogP contribution >= 0.6 is 11.8 Å². The highest BCUT2D eigenvalue weighted by Crippen LogP contribution is 2.38. The Kier molecular flexibility index (Phi) is 4.71. The number of halogens is 1. The standard InChI is InChI=1S/C19H17FN4OS/c20-16-8-6-15(7-9-16)10-23-12-17(21-22-23)19-24(18(25)13-26-19)11-14-4-2-1-3-5-14/h1-9,12,19H,10-11,13H2/t19-/m1/s1. The van der Waals surface area contributed by atoms with E-state index in [1.807, 2.05) is 41.4 Å². The Morgan fingerprint density at radius 1 is 1.04 bits per heavy atom. The lowest BCUT2D eigenvalue weighted by Crippen LogP contribution is -2.27. The van der Waals surface area contributed by atoms with E-state index < -0.39 is 0 Å². The largest absolute Gasteiger partial charge is 0.320 e. The van der Waals surface area contributed by atoms with Gasteiger partial charge in [0.2, 0.25) is 5.91 Å². The molecule has 1 aliphatic heterocycles. The number of nitrogens with zero attached hydrogens (tertiary/aromatic N) is 4. The minimum absolute atomic E-state index is 0.108. The maximum absolute atomic E-state index is 13.0. The molecule has 1 atom stereocenters. The van der Waals surface area contributed by atoms with Crippen LogP contribution in [0, 0.1) is 5.82 Å². The highest BCUT2D eigenvalue weighted by Gasteiger charge is 2.34. The highest BCUT2D eigenvalue weighted by atomic mass is 32.2. The number of benzene rings is 2. The van der Waals surface area contributed by atoms with Crippen LogP contribution in [0.2, 0.25) is 0 Å². The number of carbonyl (C=O) groups is 1. The van der Waals surface area contributed by atoms with Gasteiger partial charge in [-0.2, -0.15) is 0 Å². The summed E-state index contributed by atoms with van der Waals surface area (Å²) >= 11 is 1.56. The van der Waals surface area contributed by atoms with E-state index in [0.717, 1.165) is 16.8 Å². The molecule has 0 N–H and O–H groups in total. The summed E-state index contributed by atoms with van der Waals surface area (Å²) in [5.41, 5.74) is 2.80. The van der Waals surface area contributed by atoms with Crippen LogP contribution in [-0.2, 0) is 17.9 Å². The third-order valence-corrected chi connectivity index (χ3v) is 5.46. The van der Waals surface area contributed by atoms with Gasteiger partial charge in [-0.15, -0.1) is 16.9 Å². The Morgan fingerprint density at radius 3 is 2.54 bits per heavy atom. The number of thioether (sulfide) groups is 1. The lowest BCUT2D eigenvalue weighted by molar-refractivity contribution is -0.128. The third-order valence-electron chi connectivity index (χ3n) is 4.23. The third kappa shape index (κ3) is 3.62. The van der Waals surface area contributed by atoms with E-state index in [-0.39, 0.29) is 17.1 Å². The minimum Gasteiger partial charge on any atom is -0.320 e. The molecule has 0 aliphatic carbocycles. The number of hydrogen-bond donors (Lipinski definition) is 0. The predicted molar refractivity (Wildman–Crippen MR) is 97.7 cm³/mol. The first-order valence-electron chi connectivity index (χ1n) is 8.28. The average Bonchev–Trinajstić information content (AvgIpc) is 3.25. The molecule has 4 rings (SSSR count).